The van der Waals surface area contributed by atoms with E-state index in [0.717, 1.165) is 31.6 Å². The van der Waals surface area contributed by atoms with Gasteiger partial charge in [-0.15, -0.1) is 0 Å². The van der Waals surface area contributed by atoms with Crippen molar-refractivity contribution in [1.29, 1.82) is 0 Å². The summed E-state index contributed by atoms with van der Waals surface area (Å²) < 4.78 is 51.7. The molecule has 1 aliphatic heterocycles. The van der Waals surface area contributed by atoms with Crippen molar-refractivity contribution in [2.24, 2.45) is 11.7 Å². The van der Waals surface area contributed by atoms with Crippen molar-refractivity contribution in [3.63, 3.8) is 0 Å². The monoisotopic (exact) mass is 290 g/mol. The molecule has 1 saturated heterocycles. The number of hydrogen-bond donors (Lipinski definition) is 1. The van der Waals surface area contributed by atoms with Crippen LogP contribution in [0.15, 0.2) is 18.2 Å². The molecule has 2 nitrogen and oxygen atoms in total. The first-order valence-electron chi connectivity index (χ1n) is 6.69. The van der Waals surface area contributed by atoms with Crippen LogP contribution in [0.1, 0.15) is 30.5 Å². The zero-order chi connectivity index (χ0) is 14.9. The highest BCUT2D eigenvalue weighted by Crippen LogP contribution is 2.39. The van der Waals surface area contributed by atoms with E-state index in [2.05, 4.69) is 4.90 Å². The Labute approximate surface area is 115 Å². The number of nitrogens with zero attached hydrogens (tertiary/aromatic N) is 1. The van der Waals surface area contributed by atoms with Gasteiger partial charge in [-0.05, 0) is 49.7 Å². The Hall–Kier alpha value is -1.14. The lowest BCUT2D eigenvalue weighted by Crippen LogP contribution is -2.28. The molecule has 1 heterocycles. The summed E-state index contributed by atoms with van der Waals surface area (Å²) in [4.78, 5) is 2.09. The van der Waals surface area contributed by atoms with E-state index in [1.165, 1.54) is 6.07 Å². The molecule has 2 N–H and O–H groups in total. The molecule has 112 valence electrons. The van der Waals surface area contributed by atoms with Gasteiger partial charge in [-0.2, -0.15) is 13.2 Å². The highest BCUT2D eigenvalue weighted by molar-refractivity contribution is 5.30. The van der Waals surface area contributed by atoms with Gasteiger partial charge in [0.1, 0.15) is 5.82 Å². The lowest BCUT2D eigenvalue weighted by Gasteiger charge is -2.27. The molecule has 2 rings (SSSR count). The first-order chi connectivity index (χ1) is 9.38. The molecule has 1 aromatic rings. The van der Waals surface area contributed by atoms with Crippen molar-refractivity contribution in [2.75, 3.05) is 19.6 Å². The van der Waals surface area contributed by atoms with Crippen LogP contribution in [0, 0.1) is 11.7 Å². The van der Waals surface area contributed by atoms with Gasteiger partial charge in [0.15, 0.2) is 0 Å². The number of rotatable bonds is 3. The first-order valence-corrected chi connectivity index (χ1v) is 6.69. The van der Waals surface area contributed by atoms with Crippen LogP contribution >= 0.6 is 0 Å². The van der Waals surface area contributed by atoms with Crippen LogP contribution in [0.5, 0.6) is 0 Å². The Morgan fingerprint density at radius 2 is 2.05 bits per heavy atom. The Morgan fingerprint density at radius 1 is 1.35 bits per heavy atom. The van der Waals surface area contributed by atoms with Crippen LogP contribution < -0.4 is 5.73 Å². The molecule has 2 atom stereocenters. The smallest absolute Gasteiger partial charge is 0.330 e. The molecule has 0 amide bonds. The number of likely N-dealkylation sites (tertiary alicyclic amines) is 1. The van der Waals surface area contributed by atoms with E-state index in [1.54, 1.807) is 0 Å². The number of hydrogen-bond acceptors (Lipinski definition) is 2. The van der Waals surface area contributed by atoms with Crippen LogP contribution in [-0.4, -0.2) is 24.5 Å². The Balaban J connectivity index is 2.41. The minimum absolute atomic E-state index is 0.112. The standard InChI is InChI=1S/C14H18F4N2/c1-2-20-6-5-10(8-19)13(20)9-3-4-12(15)11(7-9)14(16,17)18/h3-4,7,10,13H,2,5-6,8,19H2,1H3. The number of nitrogens with two attached hydrogens (primary N) is 1. The van der Waals surface area contributed by atoms with Gasteiger partial charge < -0.3 is 5.73 Å². The summed E-state index contributed by atoms with van der Waals surface area (Å²) in [6, 6.07) is 3.10. The first kappa shape index (κ1) is 15.3. The maximum Gasteiger partial charge on any atom is 0.419 e. The highest BCUT2D eigenvalue weighted by atomic mass is 19.4. The third-order valence-electron chi connectivity index (χ3n) is 3.97. The summed E-state index contributed by atoms with van der Waals surface area (Å²) in [6.45, 7) is 3.92. The Bertz CT molecular complexity index is 461. The van der Waals surface area contributed by atoms with Crippen LogP contribution in [0.4, 0.5) is 17.6 Å². The van der Waals surface area contributed by atoms with E-state index in [1.807, 2.05) is 6.92 Å². The second-order valence-corrected chi connectivity index (χ2v) is 5.09. The molecular weight excluding hydrogens is 272 g/mol. The van der Waals surface area contributed by atoms with Gasteiger partial charge in [-0.1, -0.05) is 13.0 Å². The van der Waals surface area contributed by atoms with E-state index >= 15 is 0 Å². The molecule has 1 aromatic carbocycles. The van der Waals surface area contributed by atoms with Gasteiger partial charge in [0, 0.05) is 6.04 Å². The maximum absolute atomic E-state index is 13.4. The molecule has 0 saturated carbocycles. The summed E-state index contributed by atoms with van der Waals surface area (Å²) >= 11 is 0. The fourth-order valence-electron chi connectivity index (χ4n) is 2.96. The summed E-state index contributed by atoms with van der Waals surface area (Å²) in [5.74, 6) is -1.12. The number of alkyl halides is 3. The molecular formula is C14H18F4N2. The fourth-order valence-corrected chi connectivity index (χ4v) is 2.96. The molecule has 0 radical (unpaired) electrons. The summed E-state index contributed by atoms with van der Waals surface area (Å²) in [7, 11) is 0. The van der Waals surface area contributed by atoms with Gasteiger partial charge in [0.2, 0.25) is 0 Å². The lowest BCUT2D eigenvalue weighted by molar-refractivity contribution is -0.140. The van der Waals surface area contributed by atoms with Crippen LogP contribution in [0.3, 0.4) is 0 Å². The Kier molecular flexibility index (Phi) is 4.34. The molecule has 20 heavy (non-hydrogen) atoms. The van der Waals surface area contributed by atoms with Crippen LogP contribution in [-0.2, 0) is 6.18 Å². The topological polar surface area (TPSA) is 29.3 Å². The highest BCUT2D eigenvalue weighted by Gasteiger charge is 2.38. The average Bonchev–Trinajstić information content (AvgIpc) is 2.80. The third-order valence-corrected chi connectivity index (χ3v) is 3.97. The minimum atomic E-state index is -4.67. The third kappa shape index (κ3) is 2.81. The zero-order valence-corrected chi connectivity index (χ0v) is 11.3. The van der Waals surface area contributed by atoms with Crippen molar-refractivity contribution in [2.45, 2.75) is 25.6 Å². The van der Waals surface area contributed by atoms with Crippen LogP contribution in [0.2, 0.25) is 0 Å². The van der Waals surface area contributed by atoms with Crippen molar-refractivity contribution in [3.05, 3.63) is 35.1 Å². The predicted molar refractivity (Wildman–Crippen MR) is 68.6 cm³/mol. The zero-order valence-electron chi connectivity index (χ0n) is 11.3. The van der Waals surface area contributed by atoms with Gasteiger partial charge >= 0.3 is 6.18 Å². The normalized spacial score (nSPS) is 24.3. The number of halogens is 4. The molecule has 0 bridgehead atoms. The molecule has 2 unspecified atom stereocenters. The summed E-state index contributed by atoms with van der Waals surface area (Å²) in [6.07, 6.45) is -3.82. The van der Waals surface area contributed by atoms with Crippen molar-refractivity contribution in [3.8, 4) is 0 Å². The minimum Gasteiger partial charge on any atom is -0.330 e. The summed E-state index contributed by atoms with van der Waals surface area (Å²) in [5.41, 5.74) is 5.00. The predicted octanol–water partition coefficient (Wildman–Crippen LogP) is 3.19. The molecule has 0 spiro atoms. The molecule has 1 fully saturated rings. The van der Waals surface area contributed by atoms with Gasteiger partial charge in [-0.25, -0.2) is 4.39 Å². The van der Waals surface area contributed by atoms with Crippen molar-refractivity contribution in [1.82, 2.24) is 4.90 Å². The van der Waals surface area contributed by atoms with E-state index in [9.17, 15) is 17.6 Å². The quantitative estimate of drug-likeness (QED) is 0.866. The Morgan fingerprint density at radius 3 is 2.60 bits per heavy atom. The van der Waals surface area contributed by atoms with Gasteiger partial charge in [0.25, 0.3) is 0 Å². The maximum atomic E-state index is 13.4. The van der Waals surface area contributed by atoms with E-state index in [-0.39, 0.29) is 12.0 Å². The molecule has 0 aromatic heterocycles. The van der Waals surface area contributed by atoms with Gasteiger partial charge in [0.05, 0.1) is 5.56 Å². The van der Waals surface area contributed by atoms with Gasteiger partial charge in [-0.3, -0.25) is 4.90 Å². The van der Waals surface area contributed by atoms with Crippen molar-refractivity contribution < 1.29 is 17.6 Å². The second kappa shape index (κ2) is 5.69. The van der Waals surface area contributed by atoms with E-state index < -0.39 is 17.6 Å². The van der Waals surface area contributed by atoms with E-state index in [0.29, 0.717) is 12.1 Å². The largest absolute Gasteiger partial charge is 0.419 e. The second-order valence-electron chi connectivity index (χ2n) is 5.09. The average molecular weight is 290 g/mol. The number of benzene rings is 1. The van der Waals surface area contributed by atoms with Crippen LogP contribution in [0.25, 0.3) is 0 Å². The fraction of sp³-hybridized carbons (Fsp3) is 0.571. The molecule has 1 aliphatic rings. The van der Waals surface area contributed by atoms with E-state index in [4.69, 9.17) is 5.73 Å². The molecule has 0 aliphatic carbocycles. The molecule has 6 heteroatoms. The van der Waals surface area contributed by atoms with Crippen molar-refractivity contribution >= 4 is 0 Å². The lowest BCUT2D eigenvalue weighted by atomic mass is 9.92. The summed E-state index contributed by atoms with van der Waals surface area (Å²) in [5, 5.41) is 0. The SMILES string of the molecule is CCN1CCC(CN)C1c1ccc(F)c(C(F)(F)F)c1.